The normalized spacial score (nSPS) is 11.0. The van der Waals surface area contributed by atoms with Crippen LogP contribution in [0.5, 0.6) is 0 Å². The van der Waals surface area contributed by atoms with E-state index >= 15 is 0 Å². The summed E-state index contributed by atoms with van der Waals surface area (Å²) < 4.78 is 7.51. The molecule has 0 amide bonds. The lowest BCUT2D eigenvalue weighted by molar-refractivity contribution is 0.562. The standard InChI is InChI=1S/C16H12N4O/c1-2-7-14-12(5-1)9-15(16-19-18-11-21-16)20(14)10-13-6-3-4-8-17-13/h1-9,11H,10H2. The minimum Gasteiger partial charge on any atom is -0.422 e. The zero-order valence-electron chi connectivity index (χ0n) is 11.2. The van der Waals surface area contributed by atoms with Crippen molar-refractivity contribution in [1.29, 1.82) is 0 Å². The van der Waals surface area contributed by atoms with E-state index in [4.69, 9.17) is 4.42 Å². The molecule has 0 bridgehead atoms. The molecule has 1 aromatic carbocycles. The fraction of sp³-hybridized carbons (Fsp3) is 0.0625. The summed E-state index contributed by atoms with van der Waals surface area (Å²) in [7, 11) is 0. The second kappa shape index (κ2) is 4.86. The van der Waals surface area contributed by atoms with Crippen LogP contribution in [0.2, 0.25) is 0 Å². The Morgan fingerprint density at radius 1 is 1.05 bits per heavy atom. The van der Waals surface area contributed by atoms with Crippen molar-refractivity contribution in [1.82, 2.24) is 19.7 Å². The third-order valence-corrected chi connectivity index (χ3v) is 3.44. The van der Waals surface area contributed by atoms with Crippen LogP contribution in [-0.2, 0) is 6.54 Å². The summed E-state index contributed by atoms with van der Waals surface area (Å²) in [6.45, 7) is 0.659. The Morgan fingerprint density at radius 2 is 1.95 bits per heavy atom. The summed E-state index contributed by atoms with van der Waals surface area (Å²) in [5.74, 6) is 0.516. The maximum Gasteiger partial charge on any atom is 0.264 e. The van der Waals surface area contributed by atoms with Gasteiger partial charge in [0.25, 0.3) is 5.89 Å². The van der Waals surface area contributed by atoms with Gasteiger partial charge >= 0.3 is 0 Å². The molecule has 0 unspecified atom stereocenters. The lowest BCUT2D eigenvalue weighted by Gasteiger charge is -2.08. The molecule has 0 atom stereocenters. The van der Waals surface area contributed by atoms with Crippen molar-refractivity contribution in [2.24, 2.45) is 0 Å². The van der Waals surface area contributed by atoms with E-state index in [1.165, 1.54) is 6.39 Å². The Hall–Kier alpha value is -2.95. The van der Waals surface area contributed by atoms with Gasteiger partial charge in [-0.15, -0.1) is 10.2 Å². The van der Waals surface area contributed by atoms with Gasteiger partial charge in [-0.25, -0.2) is 0 Å². The Bertz CT molecular complexity index is 866. The molecule has 0 saturated carbocycles. The van der Waals surface area contributed by atoms with Crippen LogP contribution in [0.25, 0.3) is 22.5 Å². The Morgan fingerprint density at radius 3 is 2.76 bits per heavy atom. The maximum absolute atomic E-state index is 5.36. The first-order valence-electron chi connectivity index (χ1n) is 6.66. The van der Waals surface area contributed by atoms with Crippen LogP contribution in [0.4, 0.5) is 0 Å². The van der Waals surface area contributed by atoms with Crippen molar-refractivity contribution in [2.45, 2.75) is 6.54 Å². The Balaban J connectivity index is 1.91. The second-order valence-electron chi connectivity index (χ2n) is 4.74. The van der Waals surface area contributed by atoms with Gasteiger partial charge in [0.15, 0.2) is 0 Å². The number of para-hydroxylation sites is 1. The summed E-state index contributed by atoms with van der Waals surface area (Å²) in [6.07, 6.45) is 3.14. The lowest BCUT2D eigenvalue weighted by atomic mass is 10.2. The van der Waals surface area contributed by atoms with E-state index in [9.17, 15) is 0 Å². The fourth-order valence-corrected chi connectivity index (χ4v) is 2.50. The number of nitrogens with zero attached hydrogens (tertiary/aromatic N) is 4. The fourth-order valence-electron chi connectivity index (χ4n) is 2.50. The SMILES string of the molecule is c1ccc(Cn2c(-c3nnco3)cc3ccccc32)nc1. The first-order chi connectivity index (χ1) is 10.4. The first-order valence-corrected chi connectivity index (χ1v) is 6.66. The predicted octanol–water partition coefficient (Wildman–Crippen LogP) is 3.13. The number of rotatable bonds is 3. The van der Waals surface area contributed by atoms with Crippen LogP contribution in [-0.4, -0.2) is 19.7 Å². The molecule has 5 heteroatoms. The van der Waals surface area contributed by atoms with E-state index < -0.39 is 0 Å². The van der Waals surface area contributed by atoms with Crippen molar-refractivity contribution in [3.63, 3.8) is 0 Å². The molecule has 0 aliphatic rings. The van der Waals surface area contributed by atoms with Crippen LogP contribution < -0.4 is 0 Å². The average molecular weight is 276 g/mol. The molecule has 0 fully saturated rings. The molecule has 21 heavy (non-hydrogen) atoms. The quantitative estimate of drug-likeness (QED) is 0.577. The van der Waals surface area contributed by atoms with Gasteiger partial charge in [-0.3, -0.25) is 4.98 Å². The summed E-state index contributed by atoms with van der Waals surface area (Å²) in [5, 5.41) is 8.94. The summed E-state index contributed by atoms with van der Waals surface area (Å²) in [6, 6.07) is 16.2. The molecular weight excluding hydrogens is 264 g/mol. The highest BCUT2D eigenvalue weighted by atomic mass is 16.4. The lowest BCUT2D eigenvalue weighted by Crippen LogP contribution is -2.03. The monoisotopic (exact) mass is 276 g/mol. The molecule has 0 spiro atoms. The van der Waals surface area contributed by atoms with Crippen LogP contribution in [0.1, 0.15) is 5.69 Å². The summed E-state index contributed by atoms with van der Waals surface area (Å²) >= 11 is 0. The number of benzene rings is 1. The highest BCUT2D eigenvalue weighted by Crippen LogP contribution is 2.27. The van der Waals surface area contributed by atoms with Crippen LogP contribution in [0, 0.1) is 0 Å². The molecule has 0 saturated heterocycles. The van der Waals surface area contributed by atoms with Crippen LogP contribution >= 0.6 is 0 Å². The molecule has 4 aromatic rings. The number of hydrogen-bond donors (Lipinski definition) is 0. The van der Waals surface area contributed by atoms with Gasteiger partial charge in [-0.05, 0) is 24.3 Å². The minimum atomic E-state index is 0.516. The van der Waals surface area contributed by atoms with Crippen LogP contribution in [0.3, 0.4) is 0 Å². The zero-order valence-corrected chi connectivity index (χ0v) is 11.2. The number of fused-ring (bicyclic) bond motifs is 1. The highest BCUT2D eigenvalue weighted by Gasteiger charge is 2.14. The van der Waals surface area contributed by atoms with Gasteiger partial charge in [0.2, 0.25) is 6.39 Å². The third kappa shape index (κ3) is 2.08. The van der Waals surface area contributed by atoms with Crippen molar-refractivity contribution in [2.75, 3.05) is 0 Å². The molecule has 0 N–H and O–H groups in total. The van der Waals surface area contributed by atoms with Gasteiger partial charge in [-0.1, -0.05) is 24.3 Å². The van der Waals surface area contributed by atoms with Gasteiger partial charge in [0, 0.05) is 17.1 Å². The molecule has 3 heterocycles. The highest BCUT2D eigenvalue weighted by molar-refractivity contribution is 5.85. The molecule has 5 nitrogen and oxygen atoms in total. The second-order valence-corrected chi connectivity index (χ2v) is 4.74. The van der Waals surface area contributed by atoms with Gasteiger partial charge < -0.3 is 8.98 Å². The third-order valence-electron chi connectivity index (χ3n) is 3.44. The van der Waals surface area contributed by atoms with Crippen molar-refractivity contribution in [3.8, 4) is 11.6 Å². The molecular formula is C16H12N4O. The van der Waals surface area contributed by atoms with Crippen LogP contribution in [0.15, 0.2) is 65.5 Å². The molecule has 3 aromatic heterocycles. The Labute approximate surface area is 120 Å². The predicted molar refractivity (Wildman–Crippen MR) is 78.6 cm³/mol. The zero-order chi connectivity index (χ0) is 14.1. The topological polar surface area (TPSA) is 56.7 Å². The summed E-state index contributed by atoms with van der Waals surface area (Å²) in [4.78, 5) is 4.40. The van der Waals surface area contributed by atoms with Crippen molar-refractivity contribution >= 4 is 10.9 Å². The number of aromatic nitrogens is 4. The summed E-state index contributed by atoms with van der Waals surface area (Å²) in [5.41, 5.74) is 3.01. The van der Waals surface area contributed by atoms with E-state index in [1.807, 2.05) is 30.3 Å². The largest absolute Gasteiger partial charge is 0.422 e. The first kappa shape index (κ1) is 11.8. The molecule has 102 valence electrons. The van der Waals surface area contributed by atoms with Gasteiger partial charge in [-0.2, -0.15) is 0 Å². The number of hydrogen-bond acceptors (Lipinski definition) is 4. The van der Waals surface area contributed by atoms with E-state index in [0.717, 1.165) is 22.3 Å². The van der Waals surface area contributed by atoms with E-state index in [1.54, 1.807) is 6.20 Å². The van der Waals surface area contributed by atoms with E-state index in [2.05, 4.69) is 37.9 Å². The molecule has 0 aliphatic heterocycles. The van der Waals surface area contributed by atoms with Crippen molar-refractivity contribution in [3.05, 3.63) is 66.8 Å². The smallest absolute Gasteiger partial charge is 0.264 e. The average Bonchev–Trinajstić information content (AvgIpc) is 3.16. The van der Waals surface area contributed by atoms with E-state index in [-0.39, 0.29) is 0 Å². The molecule has 0 aliphatic carbocycles. The van der Waals surface area contributed by atoms with Crippen molar-refractivity contribution < 1.29 is 4.42 Å². The minimum absolute atomic E-state index is 0.516. The van der Waals surface area contributed by atoms with E-state index in [0.29, 0.717) is 12.4 Å². The Kier molecular flexibility index (Phi) is 2.74. The van der Waals surface area contributed by atoms with Gasteiger partial charge in [0.1, 0.15) is 5.69 Å². The maximum atomic E-state index is 5.36. The molecule has 0 radical (unpaired) electrons. The number of pyridine rings is 1. The molecule has 4 rings (SSSR count). The van der Waals surface area contributed by atoms with Gasteiger partial charge in [0.05, 0.1) is 12.2 Å².